The average Bonchev–Trinajstić information content (AvgIpc) is 2.42. The molecule has 0 unspecified atom stereocenters. The lowest BCUT2D eigenvalue weighted by molar-refractivity contribution is -0.119. The molecule has 4 N–H and O–H groups in total. The van der Waals surface area contributed by atoms with E-state index in [1.165, 1.54) is 6.33 Å². The first-order valence-corrected chi connectivity index (χ1v) is 6.08. The summed E-state index contributed by atoms with van der Waals surface area (Å²) in [6.45, 7) is 2.83. The Morgan fingerprint density at radius 3 is 3.00 bits per heavy atom. The lowest BCUT2D eigenvalue weighted by Gasteiger charge is -2.08. The van der Waals surface area contributed by atoms with Crippen LogP contribution in [-0.2, 0) is 4.79 Å². The number of hydrogen-bond donors (Lipinski definition) is 3. The Morgan fingerprint density at radius 1 is 1.37 bits per heavy atom. The average molecular weight is 260 g/mol. The van der Waals surface area contributed by atoms with Crippen LogP contribution in [0.25, 0.3) is 11.0 Å². The Balaban J connectivity index is 2.10. The molecule has 0 saturated heterocycles. The summed E-state index contributed by atoms with van der Waals surface area (Å²) in [4.78, 5) is 23.8. The first-order chi connectivity index (χ1) is 9.20. The number of carbonyl (C=O) groups excluding carboxylic acids is 1. The third-order valence-corrected chi connectivity index (χ3v) is 2.51. The van der Waals surface area contributed by atoms with E-state index < -0.39 is 0 Å². The summed E-state index contributed by atoms with van der Waals surface area (Å²) < 4.78 is 0. The number of nitrogens with zero attached hydrogens (tertiary/aromatic N) is 3. The maximum atomic E-state index is 11.5. The number of aromatic nitrogens is 3. The molecule has 0 spiro atoms. The van der Waals surface area contributed by atoms with Crippen LogP contribution < -0.4 is 16.4 Å². The maximum absolute atomic E-state index is 11.5. The number of pyridine rings is 1. The molecule has 100 valence electrons. The van der Waals surface area contributed by atoms with Crippen molar-refractivity contribution in [1.82, 2.24) is 20.3 Å². The van der Waals surface area contributed by atoms with Crippen LogP contribution in [0.3, 0.4) is 0 Å². The monoisotopic (exact) mass is 260 g/mol. The van der Waals surface area contributed by atoms with Gasteiger partial charge in [-0.1, -0.05) is 6.92 Å². The zero-order valence-corrected chi connectivity index (χ0v) is 10.7. The number of nitrogen functional groups attached to an aromatic ring is 1. The number of rotatable bonds is 5. The Hall–Kier alpha value is -2.44. The fourth-order valence-electron chi connectivity index (χ4n) is 1.59. The summed E-state index contributed by atoms with van der Waals surface area (Å²) in [5.74, 6) is 0.902. The minimum absolute atomic E-state index is 0.0722. The molecule has 7 nitrogen and oxygen atoms in total. The Kier molecular flexibility index (Phi) is 4.07. The van der Waals surface area contributed by atoms with Crippen molar-refractivity contribution in [2.75, 3.05) is 24.1 Å². The van der Waals surface area contributed by atoms with Crippen molar-refractivity contribution in [2.45, 2.75) is 13.3 Å². The van der Waals surface area contributed by atoms with E-state index in [2.05, 4.69) is 25.6 Å². The normalized spacial score (nSPS) is 10.4. The molecule has 2 aromatic rings. The highest BCUT2D eigenvalue weighted by atomic mass is 16.1. The van der Waals surface area contributed by atoms with Gasteiger partial charge in [0.25, 0.3) is 0 Å². The van der Waals surface area contributed by atoms with E-state index in [9.17, 15) is 4.79 Å². The first kappa shape index (κ1) is 13.0. The number of amides is 1. The van der Waals surface area contributed by atoms with Crippen LogP contribution in [0.1, 0.15) is 13.3 Å². The van der Waals surface area contributed by atoms with Crippen molar-refractivity contribution in [2.24, 2.45) is 0 Å². The third-order valence-electron chi connectivity index (χ3n) is 2.51. The summed E-state index contributed by atoms with van der Waals surface area (Å²) in [6.07, 6.45) is 2.30. The van der Waals surface area contributed by atoms with E-state index in [0.29, 0.717) is 23.8 Å². The van der Waals surface area contributed by atoms with Crippen LogP contribution in [0.5, 0.6) is 0 Å². The van der Waals surface area contributed by atoms with Crippen LogP contribution in [-0.4, -0.2) is 33.9 Å². The molecule has 19 heavy (non-hydrogen) atoms. The quantitative estimate of drug-likeness (QED) is 0.724. The SMILES string of the molecule is CCCNC(=O)CNc1ncnc2nc(N)ccc12. The van der Waals surface area contributed by atoms with Crippen molar-refractivity contribution in [1.29, 1.82) is 0 Å². The van der Waals surface area contributed by atoms with E-state index in [1.54, 1.807) is 12.1 Å². The van der Waals surface area contributed by atoms with Crippen molar-refractivity contribution >= 4 is 28.6 Å². The lowest BCUT2D eigenvalue weighted by atomic mass is 10.3. The van der Waals surface area contributed by atoms with Gasteiger partial charge >= 0.3 is 0 Å². The maximum Gasteiger partial charge on any atom is 0.239 e. The van der Waals surface area contributed by atoms with Crippen molar-refractivity contribution < 1.29 is 4.79 Å². The molecular weight excluding hydrogens is 244 g/mol. The van der Waals surface area contributed by atoms with Gasteiger partial charge in [0.05, 0.1) is 11.9 Å². The molecule has 0 bridgehead atoms. The number of nitrogens with one attached hydrogen (secondary N) is 2. The molecule has 0 radical (unpaired) electrons. The molecular formula is C12H16N6O. The molecule has 0 fully saturated rings. The van der Waals surface area contributed by atoms with E-state index in [0.717, 1.165) is 11.8 Å². The zero-order chi connectivity index (χ0) is 13.7. The van der Waals surface area contributed by atoms with Crippen molar-refractivity contribution in [3.8, 4) is 0 Å². The van der Waals surface area contributed by atoms with Gasteiger partial charge in [-0.2, -0.15) is 0 Å². The van der Waals surface area contributed by atoms with Crippen molar-refractivity contribution in [3.63, 3.8) is 0 Å². The molecule has 7 heteroatoms. The Bertz CT molecular complexity index is 585. The number of anilines is 2. The van der Waals surface area contributed by atoms with E-state index in [-0.39, 0.29) is 12.5 Å². The van der Waals surface area contributed by atoms with Gasteiger partial charge in [-0.3, -0.25) is 4.79 Å². The fourth-order valence-corrected chi connectivity index (χ4v) is 1.59. The second-order valence-electron chi connectivity index (χ2n) is 4.03. The molecule has 0 aromatic carbocycles. The molecule has 1 amide bonds. The van der Waals surface area contributed by atoms with E-state index >= 15 is 0 Å². The molecule has 0 aliphatic heterocycles. The summed E-state index contributed by atoms with van der Waals surface area (Å²) in [7, 11) is 0. The highest BCUT2D eigenvalue weighted by molar-refractivity contribution is 5.89. The van der Waals surface area contributed by atoms with E-state index in [1.807, 2.05) is 6.92 Å². The number of nitrogens with two attached hydrogens (primary N) is 1. The van der Waals surface area contributed by atoms with Gasteiger partial charge in [-0.25, -0.2) is 15.0 Å². The molecule has 2 aromatic heterocycles. The Labute approximate surface area is 110 Å². The first-order valence-electron chi connectivity index (χ1n) is 6.08. The van der Waals surface area contributed by atoms with Gasteiger partial charge in [0.15, 0.2) is 5.65 Å². The molecule has 0 aliphatic rings. The van der Waals surface area contributed by atoms with Gasteiger partial charge < -0.3 is 16.4 Å². The standard InChI is InChI=1S/C12H16N6O/c1-2-5-14-10(19)6-15-11-8-3-4-9(13)18-12(8)17-7-16-11/h3-4,7H,2,5-6H2,1H3,(H,14,19)(H3,13,15,16,17,18). The topological polar surface area (TPSA) is 106 Å². The van der Waals surface area contributed by atoms with Gasteiger partial charge in [-0.15, -0.1) is 0 Å². The van der Waals surface area contributed by atoms with Crippen LogP contribution >= 0.6 is 0 Å². The smallest absolute Gasteiger partial charge is 0.239 e. The van der Waals surface area contributed by atoms with Crippen LogP contribution in [0, 0.1) is 0 Å². The van der Waals surface area contributed by atoms with Crippen LogP contribution in [0.4, 0.5) is 11.6 Å². The third kappa shape index (κ3) is 3.27. The fraction of sp³-hybridized carbons (Fsp3) is 0.333. The van der Waals surface area contributed by atoms with Gasteiger partial charge in [0.2, 0.25) is 5.91 Å². The summed E-state index contributed by atoms with van der Waals surface area (Å²) in [5, 5.41) is 6.49. The number of hydrogen-bond acceptors (Lipinski definition) is 6. The molecule has 0 atom stereocenters. The molecule has 0 aliphatic carbocycles. The minimum Gasteiger partial charge on any atom is -0.384 e. The van der Waals surface area contributed by atoms with Crippen molar-refractivity contribution in [3.05, 3.63) is 18.5 Å². The minimum atomic E-state index is -0.0722. The van der Waals surface area contributed by atoms with Gasteiger partial charge in [-0.05, 0) is 18.6 Å². The number of fused-ring (bicyclic) bond motifs is 1. The predicted octanol–water partition coefficient (Wildman–Crippen LogP) is 0.545. The second-order valence-corrected chi connectivity index (χ2v) is 4.03. The molecule has 2 rings (SSSR count). The summed E-state index contributed by atoms with van der Waals surface area (Å²) in [6, 6.07) is 3.46. The highest BCUT2D eigenvalue weighted by Crippen LogP contribution is 2.17. The largest absolute Gasteiger partial charge is 0.384 e. The summed E-state index contributed by atoms with van der Waals surface area (Å²) >= 11 is 0. The zero-order valence-electron chi connectivity index (χ0n) is 10.7. The van der Waals surface area contributed by atoms with E-state index in [4.69, 9.17) is 5.73 Å². The van der Waals surface area contributed by atoms with Crippen LogP contribution in [0.15, 0.2) is 18.5 Å². The second kappa shape index (κ2) is 5.94. The highest BCUT2D eigenvalue weighted by Gasteiger charge is 2.06. The van der Waals surface area contributed by atoms with Gasteiger partial charge in [0, 0.05) is 6.54 Å². The molecule has 0 saturated carbocycles. The number of carbonyl (C=O) groups is 1. The lowest BCUT2D eigenvalue weighted by Crippen LogP contribution is -2.30. The summed E-state index contributed by atoms with van der Waals surface area (Å²) in [5.41, 5.74) is 6.10. The Morgan fingerprint density at radius 2 is 2.21 bits per heavy atom. The van der Waals surface area contributed by atoms with Gasteiger partial charge in [0.1, 0.15) is 18.0 Å². The molecule has 2 heterocycles. The predicted molar refractivity (Wildman–Crippen MR) is 73.5 cm³/mol. The van der Waals surface area contributed by atoms with Crippen LogP contribution in [0.2, 0.25) is 0 Å².